The van der Waals surface area contributed by atoms with Crippen LogP contribution in [0, 0.1) is 6.92 Å². The summed E-state index contributed by atoms with van der Waals surface area (Å²) < 4.78 is 8.94. The molecule has 0 aromatic carbocycles. The minimum Gasteiger partial charge on any atom is -0.613 e. The Labute approximate surface area is 71.8 Å². The van der Waals surface area contributed by atoms with E-state index in [0.717, 1.165) is 0 Å². The van der Waals surface area contributed by atoms with Crippen LogP contribution in [0.2, 0.25) is 0 Å². The van der Waals surface area contributed by atoms with E-state index in [9.17, 15) is 9.90 Å². The average Bonchev–Trinajstić information content (AvgIpc) is 2.04. The fourth-order valence-corrected chi connectivity index (χ4v) is 0.501. The van der Waals surface area contributed by atoms with Crippen LogP contribution in [0.5, 0.6) is 0 Å². The van der Waals surface area contributed by atoms with Crippen LogP contribution in [0.15, 0.2) is 11.5 Å². The van der Waals surface area contributed by atoms with Gasteiger partial charge >= 0.3 is 5.97 Å². The Morgan fingerprint density at radius 1 is 1.33 bits per heavy atom. The van der Waals surface area contributed by atoms with Crippen LogP contribution in [0.25, 0.3) is 0 Å². The molecule has 0 N–H and O–H groups in total. The molecule has 0 amide bonds. The van der Waals surface area contributed by atoms with Crippen molar-refractivity contribution >= 4 is 5.97 Å². The lowest BCUT2D eigenvalue weighted by atomic mass is 10.3. The molecule has 0 aliphatic heterocycles. The normalized spacial score (nSPS) is 11.9. The first-order valence-electron chi connectivity index (χ1n) is 3.60. The minimum absolute atomic E-state index is 0.180. The largest absolute Gasteiger partial charge is 0.613 e. The molecule has 0 aliphatic rings. The van der Waals surface area contributed by atoms with Gasteiger partial charge in [0.2, 0.25) is 0 Å². The van der Waals surface area contributed by atoms with E-state index in [1.54, 1.807) is 13.8 Å². The standard InChI is InChI=1S/C8H12O4/c1-4-11-7(9)6(3)8(10)12-5-2/h3,9H,4-5H2,1-2H3/p-1. The molecule has 12 heavy (non-hydrogen) atoms. The van der Waals surface area contributed by atoms with Gasteiger partial charge in [-0.2, -0.15) is 0 Å². The predicted molar refractivity (Wildman–Crippen MR) is 39.6 cm³/mol. The summed E-state index contributed by atoms with van der Waals surface area (Å²) in [5.74, 6) is -1.67. The highest BCUT2D eigenvalue weighted by atomic mass is 16.6. The second-order valence-electron chi connectivity index (χ2n) is 1.85. The van der Waals surface area contributed by atoms with Gasteiger partial charge in [-0.3, -0.25) is 0 Å². The molecule has 0 unspecified atom stereocenters. The summed E-state index contributed by atoms with van der Waals surface area (Å²) in [6.07, 6.45) is 0. The van der Waals surface area contributed by atoms with Crippen molar-refractivity contribution in [3.8, 4) is 0 Å². The van der Waals surface area contributed by atoms with E-state index in [1.807, 2.05) is 0 Å². The molecule has 2 radical (unpaired) electrons. The summed E-state index contributed by atoms with van der Waals surface area (Å²) in [6, 6.07) is 0. The van der Waals surface area contributed by atoms with Crippen molar-refractivity contribution in [2.45, 2.75) is 13.8 Å². The van der Waals surface area contributed by atoms with E-state index in [-0.39, 0.29) is 13.2 Å². The number of ether oxygens (including phenoxy) is 2. The Morgan fingerprint density at radius 3 is 2.25 bits per heavy atom. The van der Waals surface area contributed by atoms with Gasteiger partial charge < -0.3 is 14.6 Å². The van der Waals surface area contributed by atoms with Crippen LogP contribution in [-0.2, 0) is 14.3 Å². The van der Waals surface area contributed by atoms with Gasteiger partial charge in [0.05, 0.1) is 18.1 Å². The predicted octanol–water partition coefficient (Wildman–Crippen LogP) is -0.131. The second kappa shape index (κ2) is 5.46. The quantitative estimate of drug-likeness (QED) is 0.336. The van der Waals surface area contributed by atoms with Crippen molar-refractivity contribution in [1.82, 2.24) is 0 Å². The molecule has 0 aromatic heterocycles. The highest BCUT2D eigenvalue weighted by Crippen LogP contribution is 2.01. The van der Waals surface area contributed by atoms with Gasteiger partial charge in [-0.15, -0.1) is 0 Å². The lowest BCUT2D eigenvalue weighted by Crippen LogP contribution is -2.17. The third-order valence-corrected chi connectivity index (χ3v) is 0.991. The van der Waals surface area contributed by atoms with Gasteiger partial charge in [0.1, 0.15) is 0 Å². The van der Waals surface area contributed by atoms with Crippen molar-refractivity contribution in [3.05, 3.63) is 18.4 Å². The molecule has 0 fully saturated rings. The summed E-state index contributed by atoms with van der Waals surface area (Å²) in [4.78, 5) is 10.8. The monoisotopic (exact) mass is 171 g/mol. The summed E-state index contributed by atoms with van der Waals surface area (Å²) in [7, 11) is 0. The number of hydrogen-bond donors (Lipinski definition) is 0. The van der Waals surface area contributed by atoms with Crippen LogP contribution in [0.3, 0.4) is 0 Å². The lowest BCUT2D eigenvalue weighted by Gasteiger charge is -2.14. The van der Waals surface area contributed by atoms with E-state index >= 15 is 0 Å². The maximum atomic E-state index is 10.8. The van der Waals surface area contributed by atoms with Crippen molar-refractivity contribution in [2.75, 3.05) is 13.2 Å². The molecule has 0 spiro atoms. The van der Waals surface area contributed by atoms with Gasteiger partial charge in [-0.25, -0.2) is 4.79 Å². The fraction of sp³-hybridized carbons (Fsp3) is 0.500. The maximum absolute atomic E-state index is 10.8. The number of esters is 1. The molecule has 0 saturated carbocycles. The molecule has 0 aromatic rings. The van der Waals surface area contributed by atoms with Gasteiger partial charge in [0.15, 0.2) is 0 Å². The molecule has 0 bridgehead atoms. The number of carbonyl (C=O) groups is 1. The smallest absolute Gasteiger partial charge is 0.336 e. The summed E-state index contributed by atoms with van der Waals surface area (Å²) in [5, 5.41) is 10.8. The molecule has 0 rings (SSSR count). The van der Waals surface area contributed by atoms with Crippen molar-refractivity contribution in [2.24, 2.45) is 0 Å². The van der Waals surface area contributed by atoms with Gasteiger partial charge in [0, 0.05) is 6.92 Å². The lowest BCUT2D eigenvalue weighted by molar-refractivity contribution is -0.357. The van der Waals surface area contributed by atoms with Crippen molar-refractivity contribution in [3.63, 3.8) is 0 Å². The third kappa shape index (κ3) is 3.27. The van der Waals surface area contributed by atoms with Gasteiger partial charge in [-0.05, 0) is 13.5 Å². The first-order chi connectivity index (χ1) is 5.63. The minimum atomic E-state index is -0.837. The zero-order valence-electron chi connectivity index (χ0n) is 7.12. The topological polar surface area (TPSA) is 58.6 Å². The Morgan fingerprint density at radius 2 is 1.83 bits per heavy atom. The second-order valence-corrected chi connectivity index (χ2v) is 1.85. The number of rotatable bonds is 4. The van der Waals surface area contributed by atoms with Crippen LogP contribution in [-0.4, -0.2) is 19.2 Å². The Balaban J connectivity index is 4.22. The highest BCUT2D eigenvalue weighted by Gasteiger charge is 2.06. The molecule has 4 heteroatoms. The van der Waals surface area contributed by atoms with E-state index in [2.05, 4.69) is 9.47 Å². The Hall–Kier alpha value is -1.19. The average molecular weight is 171 g/mol. The maximum Gasteiger partial charge on any atom is 0.336 e. The van der Waals surface area contributed by atoms with Crippen molar-refractivity contribution in [1.29, 1.82) is 0 Å². The van der Waals surface area contributed by atoms with Crippen LogP contribution < -0.4 is 5.11 Å². The molecule has 0 atom stereocenters. The molecule has 0 heterocycles. The molecule has 0 saturated heterocycles. The van der Waals surface area contributed by atoms with Crippen LogP contribution in [0.4, 0.5) is 0 Å². The molecular weight excluding hydrogens is 160 g/mol. The Kier molecular flexibility index (Phi) is 4.92. The molecule has 68 valence electrons. The zero-order chi connectivity index (χ0) is 9.56. The van der Waals surface area contributed by atoms with Crippen LogP contribution in [0.1, 0.15) is 13.8 Å². The Bertz CT molecular complexity index is 183. The first kappa shape index (κ1) is 10.8. The fourth-order valence-electron chi connectivity index (χ4n) is 0.501. The van der Waals surface area contributed by atoms with Crippen LogP contribution >= 0.6 is 0 Å². The third-order valence-electron chi connectivity index (χ3n) is 0.991. The van der Waals surface area contributed by atoms with Gasteiger partial charge in [-0.1, -0.05) is 6.92 Å². The van der Waals surface area contributed by atoms with E-state index in [0.29, 0.717) is 0 Å². The van der Waals surface area contributed by atoms with E-state index in [4.69, 9.17) is 6.92 Å². The summed E-state index contributed by atoms with van der Waals surface area (Å²) in [6.45, 7) is 8.70. The van der Waals surface area contributed by atoms with Gasteiger partial charge in [0.25, 0.3) is 0 Å². The zero-order valence-corrected chi connectivity index (χ0v) is 7.12. The van der Waals surface area contributed by atoms with E-state index < -0.39 is 17.5 Å². The number of carbonyl (C=O) groups excluding carboxylic acids is 1. The van der Waals surface area contributed by atoms with E-state index in [1.165, 1.54) is 0 Å². The molecule has 0 aliphatic carbocycles. The SMILES string of the molecule is [CH]C(C(=O)OCC)=C([O-])OCC. The molecular formula is C8H11O4-. The highest BCUT2D eigenvalue weighted by molar-refractivity contribution is 5.89. The van der Waals surface area contributed by atoms with Crippen molar-refractivity contribution < 1.29 is 19.4 Å². The first-order valence-corrected chi connectivity index (χ1v) is 3.60. The molecule has 4 nitrogen and oxygen atoms in total. The summed E-state index contributed by atoms with van der Waals surface area (Å²) >= 11 is 0. The number of hydrogen-bond acceptors (Lipinski definition) is 4. The summed E-state index contributed by atoms with van der Waals surface area (Å²) in [5.41, 5.74) is -0.515.